The van der Waals surface area contributed by atoms with Gasteiger partial charge in [-0.25, -0.2) is 4.39 Å². The fourth-order valence-corrected chi connectivity index (χ4v) is 3.55. The summed E-state index contributed by atoms with van der Waals surface area (Å²) in [5.41, 5.74) is 3.26. The van der Waals surface area contributed by atoms with Crippen molar-refractivity contribution in [3.8, 4) is 5.75 Å². The Hall–Kier alpha value is -3.09. The molecule has 1 heterocycles. The first-order chi connectivity index (χ1) is 14.5. The van der Waals surface area contributed by atoms with Crippen molar-refractivity contribution in [2.45, 2.75) is 38.9 Å². The molecule has 3 rings (SSSR count). The summed E-state index contributed by atoms with van der Waals surface area (Å²) in [6, 6.07) is 12.9. The fourth-order valence-electron chi connectivity index (χ4n) is 3.55. The Kier molecular flexibility index (Phi) is 7.27. The van der Waals surface area contributed by atoms with Gasteiger partial charge in [-0.3, -0.25) is 9.79 Å². The molecule has 1 unspecified atom stereocenters. The second-order valence-corrected chi connectivity index (χ2v) is 7.38. The van der Waals surface area contributed by atoms with Crippen molar-refractivity contribution in [2.75, 3.05) is 20.7 Å². The number of fused-ring (bicyclic) bond motifs is 1. The second-order valence-electron chi connectivity index (χ2n) is 7.38. The van der Waals surface area contributed by atoms with Crippen LogP contribution in [0.5, 0.6) is 5.75 Å². The van der Waals surface area contributed by atoms with Crippen molar-refractivity contribution < 1.29 is 13.9 Å². The first-order valence-electron chi connectivity index (χ1n) is 10.2. The van der Waals surface area contributed by atoms with Crippen LogP contribution in [0.2, 0.25) is 0 Å². The van der Waals surface area contributed by atoms with Crippen LogP contribution in [-0.2, 0) is 17.9 Å². The summed E-state index contributed by atoms with van der Waals surface area (Å²) in [5, 5.41) is 6.46. The maximum Gasteiger partial charge on any atom is 0.223 e. The van der Waals surface area contributed by atoms with Crippen molar-refractivity contribution >= 4 is 11.9 Å². The number of rotatable bonds is 7. The number of hydrogen-bond donors (Lipinski definition) is 2. The van der Waals surface area contributed by atoms with E-state index < -0.39 is 5.82 Å². The zero-order valence-electron chi connectivity index (χ0n) is 17.7. The summed E-state index contributed by atoms with van der Waals surface area (Å²) in [7, 11) is 3.13. The van der Waals surface area contributed by atoms with Gasteiger partial charge in [0.15, 0.2) is 17.5 Å². The Labute approximate surface area is 177 Å². The molecule has 0 bridgehead atoms. The molecule has 7 heteroatoms. The number of methoxy groups -OCH3 is 1. The number of carbonyl (C=O) groups excluding carboxylic acids is 1. The third-order valence-corrected chi connectivity index (χ3v) is 5.31. The summed E-state index contributed by atoms with van der Waals surface area (Å²) >= 11 is 0. The molecule has 2 N–H and O–H groups in total. The first kappa shape index (κ1) is 21.6. The van der Waals surface area contributed by atoms with E-state index in [1.165, 1.54) is 24.3 Å². The van der Waals surface area contributed by atoms with Gasteiger partial charge in [0.2, 0.25) is 5.91 Å². The van der Waals surface area contributed by atoms with Gasteiger partial charge in [-0.1, -0.05) is 30.3 Å². The van der Waals surface area contributed by atoms with Gasteiger partial charge in [0, 0.05) is 33.1 Å². The van der Waals surface area contributed by atoms with Crippen LogP contribution >= 0.6 is 0 Å². The molecular weight excluding hydrogens is 383 g/mol. The highest BCUT2D eigenvalue weighted by molar-refractivity contribution is 5.80. The molecule has 0 aromatic heterocycles. The number of benzene rings is 2. The molecule has 1 aliphatic heterocycles. The van der Waals surface area contributed by atoms with Crippen LogP contribution in [0.1, 0.15) is 42.5 Å². The quantitative estimate of drug-likeness (QED) is 0.416. The topological polar surface area (TPSA) is 66.0 Å². The van der Waals surface area contributed by atoms with E-state index in [-0.39, 0.29) is 17.7 Å². The largest absolute Gasteiger partial charge is 0.494 e. The zero-order valence-corrected chi connectivity index (χ0v) is 17.7. The standard InChI is InChI=1S/C23H29FN4O2/c1-16(17-10-11-21(30-3)20(24)13-17)27-23(25-2)26-12-6-9-22(29)28-14-18-7-4-5-8-19(18)15-28/h4-5,7-8,10-11,13,16H,6,9,12,14-15H2,1-3H3,(H2,25,26,27). The van der Waals surface area contributed by atoms with Crippen LogP contribution in [0.15, 0.2) is 47.5 Å². The molecule has 1 aliphatic rings. The number of amides is 1. The van der Waals surface area contributed by atoms with Gasteiger partial charge >= 0.3 is 0 Å². The summed E-state index contributed by atoms with van der Waals surface area (Å²) < 4.78 is 18.9. The predicted octanol–water partition coefficient (Wildman–Crippen LogP) is 3.38. The number of halogens is 1. The van der Waals surface area contributed by atoms with E-state index in [4.69, 9.17) is 4.74 Å². The highest BCUT2D eigenvalue weighted by Gasteiger charge is 2.22. The Morgan fingerprint density at radius 2 is 1.93 bits per heavy atom. The highest BCUT2D eigenvalue weighted by atomic mass is 19.1. The molecule has 1 amide bonds. The molecule has 0 saturated carbocycles. The lowest BCUT2D eigenvalue weighted by Gasteiger charge is -2.19. The zero-order chi connectivity index (χ0) is 21.5. The molecule has 0 radical (unpaired) electrons. The number of carbonyl (C=O) groups is 1. The molecule has 0 fully saturated rings. The first-order valence-corrected chi connectivity index (χ1v) is 10.2. The van der Waals surface area contributed by atoms with E-state index >= 15 is 0 Å². The molecule has 0 aliphatic carbocycles. The summed E-state index contributed by atoms with van der Waals surface area (Å²) in [5.74, 6) is 0.603. The van der Waals surface area contributed by atoms with Gasteiger partial charge in [-0.05, 0) is 42.2 Å². The van der Waals surface area contributed by atoms with Crippen LogP contribution in [0.25, 0.3) is 0 Å². The number of guanidine groups is 1. The Balaban J connectivity index is 1.41. The molecule has 0 spiro atoms. The number of aliphatic imine (C=N–C) groups is 1. The number of nitrogens with zero attached hydrogens (tertiary/aromatic N) is 2. The van der Waals surface area contributed by atoms with Crippen LogP contribution in [0.3, 0.4) is 0 Å². The minimum atomic E-state index is -0.394. The molecule has 30 heavy (non-hydrogen) atoms. The highest BCUT2D eigenvalue weighted by Crippen LogP contribution is 2.23. The summed E-state index contributed by atoms with van der Waals surface area (Å²) in [6.07, 6.45) is 1.19. The minimum Gasteiger partial charge on any atom is -0.494 e. The number of nitrogens with one attached hydrogen (secondary N) is 2. The Morgan fingerprint density at radius 3 is 2.53 bits per heavy atom. The van der Waals surface area contributed by atoms with Crippen LogP contribution in [0.4, 0.5) is 4.39 Å². The average Bonchev–Trinajstić information content (AvgIpc) is 3.20. The molecule has 160 valence electrons. The van der Waals surface area contributed by atoms with Crippen LogP contribution in [0, 0.1) is 5.82 Å². The van der Waals surface area contributed by atoms with Crippen molar-refractivity contribution in [3.63, 3.8) is 0 Å². The summed E-state index contributed by atoms with van der Waals surface area (Å²) in [4.78, 5) is 18.6. The normalized spacial score (nSPS) is 14.3. The third-order valence-electron chi connectivity index (χ3n) is 5.31. The third kappa shape index (κ3) is 5.28. The molecular formula is C23H29FN4O2. The Bertz CT molecular complexity index is 891. The minimum absolute atomic E-state index is 0.138. The number of ether oxygens (including phenoxy) is 1. The van der Waals surface area contributed by atoms with Gasteiger partial charge < -0.3 is 20.3 Å². The summed E-state index contributed by atoms with van der Waals surface area (Å²) in [6.45, 7) is 3.95. The van der Waals surface area contributed by atoms with E-state index in [9.17, 15) is 9.18 Å². The van der Waals surface area contributed by atoms with E-state index in [0.717, 1.165) is 5.56 Å². The molecule has 1 atom stereocenters. The smallest absolute Gasteiger partial charge is 0.223 e. The van der Waals surface area contributed by atoms with Crippen molar-refractivity contribution in [1.29, 1.82) is 0 Å². The van der Waals surface area contributed by atoms with E-state index in [1.54, 1.807) is 13.1 Å². The van der Waals surface area contributed by atoms with Gasteiger partial charge in [0.25, 0.3) is 0 Å². The van der Waals surface area contributed by atoms with E-state index in [1.807, 2.05) is 30.0 Å². The lowest BCUT2D eigenvalue weighted by molar-refractivity contribution is -0.131. The van der Waals surface area contributed by atoms with Crippen molar-refractivity contribution in [3.05, 3.63) is 65.0 Å². The number of hydrogen-bond acceptors (Lipinski definition) is 3. The van der Waals surface area contributed by atoms with Gasteiger partial charge in [0.1, 0.15) is 0 Å². The van der Waals surface area contributed by atoms with E-state index in [0.29, 0.717) is 38.4 Å². The predicted molar refractivity (Wildman–Crippen MR) is 116 cm³/mol. The molecule has 0 saturated heterocycles. The van der Waals surface area contributed by atoms with Crippen LogP contribution < -0.4 is 15.4 Å². The molecule has 2 aromatic carbocycles. The molecule has 2 aromatic rings. The maximum atomic E-state index is 13.9. The second kappa shape index (κ2) is 10.1. The maximum absolute atomic E-state index is 13.9. The monoisotopic (exact) mass is 412 g/mol. The lowest BCUT2D eigenvalue weighted by Crippen LogP contribution is -2.39. The Morgan fingerprint density at radius 1 is 1.23 bits per heavy atom. The van der Waals surface area contributed by atoms with Gasteiger partial charge in [-0.15, -0.1) is 0 Å². The van der Waals surface area contributed by atoms with Gasteiger partial charge in [-0.2, -0.15) is 0 Å². The lowest BCUT2D eigenvalue weighted by atomic mass is 10.1. The molecule has 6 nitrogen and oxygen atoms in total. The average molecular weight is 413 g/mol. The fraction of sp³-hybridized carbons (Fsp3) is 0.391. The van der Waals surface area contributed by atoms with E-state index in [2.05, 4.69) is 27.8 Å². The van der Waals surface area contributed by atoms with Crippen LogP contribution in [-0.4, -0.2) is 37.5 Å². The van der Waals surface area contributed by atoms with Crippen molar-refractivity contribution in [2.24, 2.45) is 4.99 Å². The SMILES string of the molecule is CN=C(NCCCC(=O)N1Cc2ccccc2C1)NC(C)c1ccc(OC)c(F)c1. The van der Waals surface area contributed by atoms with Gasteiger partial charge in [0.05, 0.1) is 13.2 Å². The van der Waals surface area contributed by atoms with Crippen molar-refractivity contribution in [1.82, 2.24) is 15.5 Å².